The van der Waals surface area contributed by atoms with E-state index in [1.807, 2.05) is 12.1 Å². The Morgan fingerprint density at radius 2 is 1.66 bits per heavy atom. The molecule has 0 spiro atoms. The molecule has 0 aliphatic carbocycles. The Morgan fingerprint density at radius 3 is 2.25 bits per heavy atom. The predicted molar refractivity (Wildman–Crippen MR) is 120 cm³/mol. The van der Waals surface area contributed by atoms with Crippen LogP contribution in [0, 0.1) is 0 Å². The van der Waals surface area contributed by atoms with Crippen molar-refractivity contribution >= 4 is 35.2 Å². The van der Waals surface area contributed by atoms with Crippen LogP contribution in [0.1, 0.15) is 59.9 Å². The maximum absolute atomic E-state index is 12.6. The van der Waals surface area contributed by atoms with E-state index in [0.717, 1.165) is 5.39 Å². The number of carbonyl (C=O) groups is 4. The second-order valence-electron chi connectivity index (χ2n) is 9.63. The average molecular weight is 445 g/mol. The van der Waals surface area contributed by atoms with Crippen LogP contribution in [-0.2, 0) is 30.3 Å². The highest BCUT2D eigenvalue weighted by atomic mass is 16.6. The number of fused-ring (bicyclic) bond motifs is 1. The number of hydrogen-bond donors (Lipinski definition) is 1. The molecule has 0 unspecified atom stereocenters. The van der Waals surface area contributed by atoms with Crippen molar-refractivity contribution in [2.75, 3.05) is 0 Å². The summed E-state index contributed by atoms with van der Waals surface area (Å²) in [4.78, 5) is 48.5. The zero-order valence-electron chi connectivity index (χ0n) is 19.6. The highest BCUT2D eigenvalue weighted by Gasteiger charge is 2.22. The molecule has 0 saturated carbocycles. The predicted octanol–water partition coefficient (Wildman–Crippen LogP) is 3.77. The molecule has 8 heteroatoms. The Morgan fingerprint density at radius 1 is 1.03 bits per heavy atom. The Bertz CT molecular complexity index is 994. The van der Waals surface area contributed by atoms with Crippen LogP contribution in [0.5, 0.6) is 0 Å². The fraction of sp³-hybridized carbons (Fsp3) is 0.500. The van der Waals surface area contributed by atoms with Gasteiger partial charge in [0.15, 0.2) is 0 Å². The molecular weight excluding hydrogens is 412 g/mol. The van der Waals surface area contributed by atoms with Gasteiger partial charge in [0.1, 0.15) is 17.5 Å². The number of carbonyl (C=O) groups excluding carboxylic acids is 4. The molecule has 1 aromatic heterocycles. The topological polar surface area (TPSA) is 104 Å². The van der Waals surface area contributed by atoms with Gasteiger partial charge in [-0.1, -0.05) is 18.2 Å². The van der Waals surface area contributed by atoms with Crippen LogP contribution in [0.3, 0.4) is 0 Å². The summed E-state index contributed by atoms with van der Waals surface area (Å²) >= 11 is 0. The van der Waals surface area contributed by atoms with Crippen LogP contribution in [0.2, 0.25) is 0 Å². The van der Waals surface area contributed by atoms with Crippen LogP contribution in [-0.4, -0.2) is 46.1 Å². The number of nitrogens with zero attached hydrogens (tertiary/aromatic N) is 1. The number of aromatic nitrogens is 1. The minimum atomic E-state index is -0.811. The van der Waals surface area contributed by atoms with Gasteiger partial charge in [0.2, 0.25) is 5.91 Å². The number of benzene rings is 1. The fourth-order valence-electron chi connectivity index (χ4n) is 3.12. The van der Waals surface area contributed by atoms with Gasteiger partial charge in [0.25, 0.3) is 0 Å². The summed E-state index contributed by atoms with van der Waals surface area (Å²) in [6.07, 6.45) is 1.76. The Hall–Kier alpha value is -3.16. The summed E-state index contributed by atoms with van der Waals surface area (Å²) in [6, 6.07) is 6.40. The third-order valence-electron chi connectivity index (χ3n) is 4.33. The molecule has 1 amide bonds. The maximum atomic E-state index is 12.6. The minimum absolute atomic E-state index is 0.0128. The smallest absolute Gasteiger partial charge is 0.419 e. The molecule has 0 aliphatic rings. The van der Waals surface area contributed by atoms with E-state index in [4.69, 9.17) is 9.47 Å². The second-order valence-corrected chi connectivity index (χ2v) is 9.63. The lowest BCUT2D eigenvalue weighted by Crippen LogP contribution is -2.37. The first-order chi connectivity index (χ1) is 14.8. The maximum Gasteiger partial charge on any atom is 0.419 e. The zero-order chi connectivity index (χ0) is 24.1. The Balaban J connectivity index is 2.09. The first-order valence-corrected chi connectivity index (χ1v) is 10.6. The van der Waals surface area contributed by atoms with Crippen molar-refractivity contribution in [2.24, 2.45) is 0 Å². The molecule has 0 radical (unpaired) electrons. The summed E-state index contributed by atoms with van der Waals surface area (Å²) in [5.41, 5.74) is -0.0211. The molecule has 0 saturated heterocycles. The molecule has 32 heavy (non-hydrogen) atoms. The molecule has 174 valence electrons. The number of aldehydes is 1. The summed E-state index contributed by atoms with van der Waals surface area (Å²) in [5, 5.41) is 3.38. The van der Waals surface area contributed by atoms with Gasteiger partial charge in [-0.25, -0.2) is 4.79 Å². The quantitative estimate of drug-likeness (QED) is 0.515. The molecule has 0 aliphatic heterocycles. The molecule has 2 aromatic rings. The van der Waals surface area contributed by atoms with Gasteiger partial charge < -0.3 is 19.6 Å². The molecule has 1 aromatic carbocycles. The summed E-state index contributed by atoms with van der Waals surface area (Å²) in [6.45, 7) is 10.6. The number of hydrogen-bond acceptors (Lipinski definition) is 6. The van der Waals surface area contributed by atoms with E-state index >= 15 is 0 Å². The number of nitrogens with one attached hydrogen (secondary N) is 1. The summed E-state index contributed by atoms with van der Waals surface area (Å²) < 4.78 is 12.1. The van der Waals surface area contributed by atoms with Crippen LogP contribution in [0.15, 0.2) is 30.5 Å². The van der Waals surface area contributed by atoms with Gasteiger partial charge in [0.05, 0.1) is 18.0 Å². The molecule has 0 bridgehead atoms. The van der Waals surface area contributed by atoms with Crippen LogP contribution in [0.4, 0.5) is 4.79 Å². The van der Waals surface area contributed by atoms with Gasteiger partial charge in [-0.15, -0.1) is 0 Å². The molecule has 1 N–H and O–H groups in total. The van der Waals surface area contributed by atoms with Crippen molar-refractivity contribution in [1.29, 1.82) is 0 Å². The molecule has 0 fully saturated rings. The lowest BCUT2D eigenvalue weighted by atomic mass is 10.1. The lowest BCUT2D eigenvalue weighted by Gasteiger charge is -2.20. The van der Waals surface area contributed by atoms with E-state index in [9.17, 15) is 19.2 Å². The summed E-state index contributed by atoms with van der Waals surface area (Å²) in [7, 11) is 0. The highest BCUT2D eigenvalue weighted by molar-refractivity contribution is 5.95. The standard InChI is InChI=1S/C24H32N2O6/c1-23(2,3)31-21(29)12-11-17(15-27)25-20(28)13-16-14-26(22(30)32-24(4,5)6)19-10-8-7-9-18(16)19/h7-10,14-15,17H,11-13H2,1-6H3,(H,25,28)/t17-/m0/s1. The monoisotopic (exact) mass is 444 g/mol. The van der Waals surface area contributed by atoms with Gasteiger partial charge >= 0.3 is 12.1 Å². The van der Waals surface area contributed by atoms with Crippen molar-refractivity contribution in [2.45, 2.75) is 78.0 Å². The largest absolute Gasteiger partial charge is 0.460 e. The average Bonchev–Trinajstić information content (AvgIpc) is 3.01. The number of esters is 1. The van der Waals surface area contributed by atoms with Crippen LogP contribution in [0.25, 0.3) is 10.9 Å². The van der Waals surface area contributed by atoms with Crippen molar-refractivity contribution < 1.29 is 28.7 Å². The molecule has 2 rings (SSSR count). The van der Waals surface area contributed by atoms with Crippen molar-refractivity contribution in [3.63, 3.8) is 0 Å². The van der Waals surface area contributed by atoms with Gasteiger partial charge in [-0.3, -0.25) is 14.2 Å². The number of ether oxygens (including phenoxy) is 2. The third-order valence-corrected chi connectivity index (χ3v) is 4.33. The summed E-state index contributed by atoms with van der Waals surface area (Å²) in [5.74, 6) is -0.822. The number of rotatable bonds is 7. The van der Waals surface area contributed by atoms with E-state index < -0.39 is 35.2 Å². The van der Waals surface area contributed by atoms with E-state index in [-0.39, 0.29) is 19.3 Å². The van der Waals surface area contributed by atoms with Gasteiger partial charge in [-0.05, 0) is 59.6 Å². The van der Waals surface area contributed by atoms with Crippen molar-refractivity contribution in [1.82, 2.24) is 9.88 Å². The van der Waals surface area contributed by atoms with E-state index in [2.05, 4.69) is 5.32 Å². The fourth-order valence-corrected chi connectivity index (χ4v) is 3.12. The minimum Gasteiger partial charge on any atom is -0.460 e. The van der Waals surface area contributed by atoms with Crippen LogP contribution < -0.4 is 5.32 Å². The van der Waals surface area contributed by atoms with Gasteiger partial charge in [0, 0.05) is 18.0 Å². The Labute approximate surface area is 188 Å². The second kappa shape index (κ2) is 9.97. The third kappa shape index (κ3) is 7.51. The lowest BCUT2D eigenvalue weighted by molar-refractivity contribution is -0.155. The Kier molecular flexibility index (Phi) is 7.83. The zero-order valence-corrected chi connectivity index (χ0v) is 19.6. The highest BCUT2D eigenvalue weighted by Crippen LogP contribution is 2.23. The molecular formula is C24H32N2O6. The normalized spacial score (nSPS) is 12.8. The van der Waals surface area contributed by atoms with Crippen LogP contribution >= 0.6 is 0 Å². The van der Waals surface area contributed by atoms with E-state index in [0.29, 0.717) is 17.4 Å². The van der Waals surface area contributed by atoms with Gasteiger partial charge in [-0.2, -0.15) is 0 Å². The van der Waals surface area contributed by atoms with E-state index in [1.165, 1.54) is 4.57 Å². The molecule has 1 heterocycles. The molecule has 1 atom stereocenters. The molecule has 8 nitrogen and oxygen atoms in total. The van der Waals surface area contributed by atoms with Crippen molar-refractivity contribution in [3.05, 3.63) is 36.0 Å². The van der Waals surface area contributed by atoms with E-state index in [1.54, 1.807) is 59.9 Å². The SMILES string of the molecule is CC(C)(C)OC(=O)CC[C@@H](C=O)NC(=O)Cc1cn(C(=O)OC(C)(C)C)c2ccccc12. The first-order valence-electron chi connectivity index (χ1n) is 10.6. The van der Waals surface area contributed by atoms with Crippen molar-refractivity contribution in [3.8, 4) is 0 Å². The number of para-hydroxylation sites is 1. The first kappa shape index (κ1) is 25.1. The number of amides is 1.